The predicted molar refractivity (Wildman–Crippen MR) is 86.3 cm³/mol. The molecule has 0 aliphatic rings. The Hall–Kier alpha value is -3.18. The molecule has 4 N–H and O–H groups in total. The van der Waals surface area contributed by atoms with Crippen LogP contribution in [0.4, 0.5) is 0 Å². The van der Waals surface area contributed by atoms with Crippen LogP contribution in [0, 0.1) is 10.1 Å². The number of aliphatic carboxylic acids is 1. The van der Waals surface area contributed by atoms with E-state index >= 15 is 0 Å². The summed E-state index contributed by atoms with van der Waals surface area (Å²) in [5, 5.41) is 23.1. The number of nitrogens with zero attached hydrogens (tertiary/aromatic N) is 2. The van der Waals surface area contributed by atoms with Crippen LogP contribution in [0.1, 0.15) is 31.4 Å². The number of imidazole rings is 1. The maximum Gasteiger partial charge on any atom is 0.326 e. The molecule has 0 aliphatic heterocycles. The normalized spacial score (nSPS) is 11.4. The van der Waals surface area contributed by atoms with E-state index in [4.69, 9.17) is 5.11 Å². The van der Waals surface area contributed by atoms with E-state index in [0.29, 0.717) is 18.5 Å². The number of carboxylic acid groups (broad SMARTS) is 1. The van der Waals surface area contributed by atoms with Crippen molar-refractivity contribution in [2.45, 2.75) is 38.1 Å². The van der Waals surface area contributed by atoms with Gasteiger partial charge in [0.15, 0.2) is 0 Å². The van der Waals surface area contributed by atoms with E-state index < -0.39 is 23.0 Å². The highest BCUT2D eigenvalue weighted by Crippen LogP contribution is 2.00. The molecule has 0 spiro atoms. The molecule has 1 aromatic rings. The molecular formula is C14H21N5O7. The Morgan fingerprint density at radius 3 is 2.69 bits per heavy atom. The predicted octanol–water partition coefficient (Wildman–Crippen LogP) is -0.593. The molecule has 0 aromatic carbocycles. The van der Waals surface area contributed by atoms with Crippen LogP contribution in [0.25, 0.3) is 0 Å². The Balaban J connectivity index is 2.18. The number of amides is 2. The molecule has 0 saturated carbocycles. The average molecular weight is 371 g/mol. The van der Waals surface area contributed by atoms with Gasteiger partial charge in [0.2, 0.25) is 11.8 Å². The third-order valence-electron chi connectivity index (χ3n) is 3.27. The van der Waals surface area contributed by atoms with Gasteiger partial charge in [0.05, 0.1) is 18.6 Å². The molecule has 0 bridgehead atoms. The maximum absolute atomic E-state index is 11.8. The van der Waals surface area contributed by atoms with Gasteiger partial charge in [-0.1, -0.05) is 0 Å². The fourth-order valence-corrected chi connectivity index (χ4v) is 2.01. The first-order valence-corrected chi connectivity index (χ1v) is 7.92. The molecule has 0 radical (unpaired) electrons. The molecule has 12 nitrogen and oxygen atoms in total. The van der Waals surface area contributed by atoms with Crippen LogP contribution < -0.4 is 10.6 Å². The summed E-state index contributed by atoms with van der Waals surface area (Å²) in [6.07, 6.45) is 3.86. The number of H-pyrrole nitrogens is 1. The molecule has 2 amide bonds. The summed E-state index contributed by atoms with van der Waals surface area (Å²) in [7, 11) is 0. The van der Waals surface area contributed by atoms with Crippen LogP contribution in [0.5, 0.6) is 0 Å². The van der Waals surface area contributed by atoms with Gasteiger partial charge in [-0.15, -0.1) is 10.1 Å². The lowest BCUT2D eigenvalue weighted by Crippen LogP contribution is -2.43. The molecule has 1 aromatic heterocycles. The highest BCUT2D eigenvalue weighted by Gasteiger charge is 2.21. The quantitative estimate of drug-likeness (QED) is 0.202. The molecule has 12 heteroatoms. The summed E-state index contributed by atoms with van der Waals surface area (Å²) < 4.78 is 0. The minimum absolute atomic E-state index is 0.0448. The summed E-state index contributed by atoms with van der Waals surface area (Å²) in [5.74, 6) is -1.99. The van der Waals surface area contributed by atoms with Crippen LogP contribution >= 0.6 is 0 Å². The van der Waals surface area contributed by atoms with Crippen molar-refractivity contribution in [3.05, 3.63) is 28.3 Å². The Bertz CT molecular complexity index is 605. The summed E-state index contributed by atoms with van der Waals surface area (Å²) in [6.45, 7) is -0.0138. The molecule has 0 fully saturated rings. The molecule has 1 atom stereocenters. The van der Waals surface area contributed by atoms with E-state index in [1.165, 1.54) is 6.33 Å². The molecule has 26 heavy (non-hydrogen) atoms. The Labute approximate surface area is 148 Å². The number of rotatable bonds is 13. The SMILES string of the molecule is O=C(CCCCO[N+](=O)[O-])NCCC(=O)NC(Cc1c[nH]cn1)C(=O)O. The van der Waals surface area contributed by atoms with Gasteiger partial charge >= 0.3 is 5.97 Å². The molecular weight excluding hydrogens is 350 g/mol. The van der Waals surface area contributed by atoms with Crippen molar-refractivity contribution >= 4 is 17.8 Å². The summed E-state index contributed by atoms with van der Waals surface area (Å²) >= 11 is 0. The van der Waals surface area contributed by atoms with E-state index in [0.717, 1.165) is 0 Å². The third kappa shape index (κ3) is 9.20. The monoisotopic (exact) mass is 371 g/mol. The van der Waals surface area contributed by atoms with Gasteiger partial charge < -0.3 is 25.6 Å². The first-order chi connectivity index (χ1) is 12.4. The first-order valence-electron chi connectivity index (χ1n) is 7.92. The smallest absolute Gasteiger partial charge is 0.326 e. The van der Waals surface area contributed by atoms with E-state index in [1.807, 2.05) is 0 Å². The van der Waals surface area contributed by atoms with Gasteiger partial charge in [-0.05, 0) is 12.8 Å². The minimum Gasteiger partial charge on any atom is -0.480 e. The van der Waals surface area contributed by atoms with Gasteiger partial charge in [0.25, 0.3) is 5.09 Å². The number of aromatic nitrogens is 2. The van der Waals surface area contributed by atoms with Crippen molar-refractivity contribution in [1.29, 1.82) is 0 Å². The first kappa shape index (κ1) is 20.9. The topological polar surface area (TPSA) is 177 Å². The van der Waals surface area contributed by atoms with Crippen molar-refractivity contribution in [3.8, 4) is 0 Å². The lowest BCUT2D eigenvalue weighted by atomic mass is 10.1. The van der Waals surface area contributed by atoms with Crippen LogP contribution in [0.15, 0.2) is 12.5 Å². The zero-order chi connectivity index (χ0) is 19.4. The van der Waals surface area contributed by atoms with Gasteiger partial charge in [0.1, 0.15) is 6.04 Å². The zero-order valence-electron chi connectivity index (χ0n) is 14.0. The summed E-state index contributed by atoms with van der Waals surface area (Å²) in [4.78, 5) is 55.2. The van der Waals surface area contributed by atoms with E-state index in [9.17, 15) is 24.5 Å². The lowest BCUT2D eigenvalue weighted by Gasteiger charge is -2.13. The number of carbonyl (C=O) groups excluding carboxylic acids is 2. The second-order valence-corrected chi connectivity index (χ2v) is 5.34. The minimum atomic E-state index is -1.18. The zero-order valence-corrected chi connectivity index (χ0v) is 14.0. The van der Waals surface area contributed by atoms with Crippen molar-refractivity contribution in [2.24, 2.45) is 0 Å². The fraction of sp³-hybridized carbons (Fsp3) is 0.571. The van der Waals surface area contributed by atoms with Crippen molar-refractivity contribution < 1.29 is 29.4 Å². The number of hydrogen-bond donors (Lipinski definition) is 4. The highest BCUT2D eigenvalue weighted by atomic mass is 16.9. The fourth-order valence-electron chi connectivity index (χ4n) is 2.01. The number of unbranched alkanes of at least 4 members (excludes halogenated alkanes) is 1. The number of aromatic amines is 1. The van der Waals surface area contributed by atoms with Gasteiger partial charge in [-0.3, -0.25) is 9.59 Å². The number of hydrogen-bond acceptors (Lipinski definition) is 7. The van der Waals surface area contributed by atoms with Crippen LogP contribution in [0.2, 0.25) is 0 Å². The van der Waals surface area contributed by atoms with Crippen LogP contribution in [0.3, 0.4) is 0 Å². The van der Waals surface area contributed by atoms with Gasteiger partial charge in [0, 0.05) is 32.0 Å². The largest absolute Gasteiger partial charge is 0.480 e. The summed E-state index contributed by atoms with van der Waals surface area (Å²) in [6, 6.07) is -1.11. The number of carboxylic acids is 1. The van der Waals surface area contributed by atoms with Gasteiger partial charge in [-0.2, -0.15) is 0 Å². The highest BCUT2D eigenvalue weighted by molar-refractivity contribution is 5.84. The summed E-state index contributed by atoms with van der Waals surface area (Å²) in [5.41, 5.74) is 0.507. The maximum atomic E-state index is 11.8. The van der Waals surface area contributed by atoms with Crippen molar-refractivity contribution in [2.75, 3.05) is 13.2 Å². The second-order valence-electron chi connectivity index (χ2n) is 5.34. The second kappa shape index (κ2) is 11.4. The molecule has 0 aliphatic carbocycles. The molecule has 1 rings (SSSR count). The Morgan fingerprint density at radius 2 is 2.08 bits per heavy atom. The van der Waals surface area contributed by atoms with Crippen LogP contribution in [-0.4, -0.2) is 57.1 Å². The number of nitrogens with one attached hydrogen (secondary N) is 3. The molecule has 144 valence electrons. The van der Waals surface area contributed by atoms with Crippen LogP contribution in [-0.2, 0) is 25.6 Å². The van der Waals surface area contributed by atoms with E-state index in [1.54, 1.807) is 6.20 Å². The number of carbonyl (C=O) groups is 3. The third-order valence-corrected chi connectivity index (χ3v) is 3.27. The Morgan fingerprint density at radius 1 is 1.31 bits per heavy atom. The lowest BCUT2D eigenvalue weighted by molar-refractivity contribution is -0.757. The molecule has 0 saturated heterocycles. The van der Waals surface area contributed by atoms with Gasteiger partial charge in [-0.25, -0.2) is 9.78 Å². The average Bonchev–Trinajstić information content (AvgIpc) is 3.06. The Kier molecular flexibility index (Phi) is 9.14. The van der Waals surface area contributed by atoms with E-state index in [-0.39, 0.29) is 38.3 Å². The van der Waals surface area contributed by atoms with Crippen molar-refractivity contribution in [3.63, 3.8) is 0 Å². The van der Waals surface area contributed by atoms with Crippen molar-refractivity contribution in [1.82, 2.24) is 20.6 Å². The molecule has 1 unspecified atom stereocenters. The van der Waals surface area contributed by atoms with E-state index in [2.05, 4.69) is 25.4 Å². The molecule has 1 heterocycles. The standard InChI is InChI=1S/C14H21N5O7/c20-12(3-1-2-6-26-19(24)25)16-5-4-13(21)18-11(14(22)23)7-10-8-15-9-17-10/h8-9,11H,1-7H2,(H,15,17)(H,16,20)(H,18,21)(H,22,23).